The van der Waals surface area contributed by atoms with Crippen molar-refractivity contribution in [2.45, 2.75) is 92.7 Å². The lowest BCUT2D eigenvalue weighted by Crippen LogP contribution is -2.29. The Morgan fingerprint density at radius 3 is 1.28 bits per heavy atom. The molecule has 12 heterocycles. The van der Waals surface area contributed by atoms with Crippen LogP contribution in [0.3, 0.4) is 0 Å². The Morgan fingerprint density at radius 1 is 0.395 bits per heavy atom. The van der Waals surface area contributed by atoms with Crippen molar-refractivity contribution >= 4 is 131 Å². The molecule has 0 bridgehead atoms. The van der Waals surface area contributed by atoms with Crippen molar-refractivity contribution < 1.29 is 22.0 Å². The normalized spacial score (nSPS) is 12.0. The van der Waals surface area contributed by atoms with Crippen LogP contribution in [-0.2, 0) is 6.18 Å². The zero-order valence-electron chi connectivity index (χ0n) is 69.1. The number of nitrogen functional groups attached to an aromatic ring is 5. The molecule has 36 nitrogen and oxygen atoms in total. The van der Waals surface area contributed by atoms with Crippen molar-refractivity contribution in [2.24, 2.45) is 0 Å². The van der Waals surface area contributed by atoms with Crippen LogP contribution in [-0.4, -0.2) is 98.0 Å². The maximum atomic E-state index is 14.6. The van der Waals surface area contributed by atoms with E-state index in [0.717, 1.165) is 16.7 Å². The number of hydrogen-bond acceptors (Lipinski definition) is 32. The summed E-state index contributed by atoms with van der Waals surface area (Å²) in [6, 6.07) is 28.4. The van der Waals surface area contributed by atoms with Crippen molar-refractivity contribution in [1.29, 1.82) is 15.8 Å². The van der Waals surface area contributed by atoms with Crippen LogP contribution in [0, 0.1) is 80.2 Å². The van der Waals surface area contributed by atoms with E-state index < -0.39 is 69.6 Å². The molecule has 0 saturated carbocycles. The molecule has 12 aromatic heterocycles. The number of nitrogens with one attached hydrogen (secondary N) is 4. The molecule has 0 aliphatic rings. The zero-order valence-corrected chi connectivity index (χ0v) is 71.3. The summed E-state index contributed by atoms with van der Waals surface area (Å²) < 4.78 is 75.4. The summed E-state index contributed by atoms with van der Waals surface area (Å²) in [5.74, 6) is 2.09. The predicted molar refractivity (Wildman–Crippen MR) is 477 cm³/mol. The smallest absolute Gasteiger partial charge is 0.397 e. The molecule has 129 heavy (non-hydrogen) atoms. The molecule has 0 saturated heterocycles. The Bertz CT molecular complexity index is 7540. The van der Waals surface area contributed by atoms with Gasteiger partial charge in [-0.1, -0.05) is 53.0 Å². The summed E-state index contributed by atoms with van der Waals surface area (Å²) in [7, 11) is 0. The number of benzene rings is 4. The van der Waals surface area contributed by atoms with Gasteiger partial charge in [0.1, 0.15) is 132 Å². The molecule has 0 spiro atoms. The molecule has 0 fully saturated rings. The molecule has 16 rings (SSSR count). The lowest BCUT2D eigenvalue weighted by Gasteiger charge is -2.22. The van der Waals surface area contributed by atoms with Gasteiger partial charge in [-0.3, -0.25) is 57.4 Å². The van der Waals surface area contributed by atoms with Crippen molar-refractivity contribution in [2.75, 3.05) is 49.9 Å². The van der Waals surface area contributed by atoms with Crippen molar-refractivity contribution in [3.63, 3.8) is 0 Å². The van der Waals surface area contributed by atoms with Crippen LogP contribution in [0.5, 0.6) is 0 Å². The van der Waals surface area contributed by atoms with Crippen LogP contribution in [0.4, 0.5) is 74.2 Å². The van der Waals surface area contributed by atoms with E-state index in [9.17, 15) is 56.9 Å². The SMILES string of the molecule is Cc1nc(N)c(C#N)c(N[C@@H](C)c2nc3c(F)ccc(Cl)c3c(=O)n2-c2cccnc2)n1.Cc1nc(N)c(C#N)c(N[C@@H](C)c2nc3cccc(C(F)(F)F)c3c(=O)n2-c2cnccc2C)n1.Cc1nc(N)c(C#N)c(N[C@@H](C)c2nc3cccc(Cl)c3c(=O)n2-c2cncc(N)c2)n1.Cc1nc(N)c(Cl)c(N[C@@H](C)c2nc3cccc(F)c3c(=O)n2-c2cccnc2)n1. The first-order chi connectivity index (χ1) is 61.5. The van der Waals surface area contributed by atoms with Crippen molar-refractivity contribution in [3.05, 3.63) is 295 Å². The number of aromatic nitrogens is 20. The summed E-state index contributed by atoms with van der Waals surface area (Å²) in [5.41, 5.74) is 28.9. The highest BCUT2D eigenvalue weighted by Gasteiger charge is 2.36. The molecule has 0 aliphatic carbocycles. The van der Waals surface area contributed by atoms with Crippen LogP contribution in [0.2, 0.25) is 15.1 Å². The molecule has 44 heteroatoms. The molecule has 0 aliphatic heterocycles. The van der Waals surface area contributed by atoms with E-state index in [4.69, 9.17) is 63.5 Å². The lowest BCUT2D eigenvalue weighted by molar-refractivity contribution is -0.136. The van der Waals surface area contributed by atoms with Gasteiger partial charge in [0.15, 0.2) is 23.3 Å². The summed E-state index contributed by atoms with van der Waals surface area (Å²) in [5, 5.41) is 40.9. The molecule has 650 valence electrons. The van der Waals surface area contributed by atoms with Gasteiger partial charge in [-0.15, -0.1) is 0 Å². The standard InChI is InChI=1S/C23H19F3N8O.C21H16ClFN8O.C21H18ClN9O.C20H17ClFN7O/c1-11-7-8-29-10-17(11)34-21(12(2)30-20-14(9-27)19(28)31-13(3)32-20)33-16-6-4-5-15(23(24,25)26)18(16)22(34)35;1-10(27-19-13(8-24)18(25)28-11(2)29-19)20-30-17-15(23)6-5-14(22)16(17)21(32)31(20)12-4-3-7-26-9-12;1-10(27-19-14(7-23)18(25)28-11(2)29-19)20-30-16-5-3-4-15(22)17(16)21(32)31(20)13-6-12(24)8-26-9-13;1-10(25-18-16(21)17(23)26-11(2)27-18)19-28-14-7-3-6-13(22)15(14)20(30)29(19)12-5-4-8-24-9-12/h4-8,10,12H,1-3H3,(H3,28,30,31,32);3-7,9-10H,1-2H3,(H3,25,27,28,29);3-6,8-10H,24H2,1-2H3,(H3,25,27,28,29);3-10H,1-2H3,(H3,23,25,26,27)/t12-;3*10-/m0000/s1. The second-order valence-electron chi connectivity index (χ2n) is 28.5. The molecule has 4 atom stereocenters. The molecule has 0 unspecified atom stereocenters. The number of rotatable bonds is 16. The van der Waals surface area contributed by atoms with Gasteiger partial charge in [0.25, 0.3) is 22.2 Å². The first-order valence-electron chi connectivity index (χ1n) is 38.4. The Kier molecular flexibility index (Phi) is 26.3. The van der Waals surface area contributed by atoms with E-state index in [2.05, 4.69) is 101 Å². The summed E-state index contributed by atoms with van der Waals surface area (Å²) in [6.45, 7) is 15.2. The third-order valence-electron chi connectivity index (χ3n) is 19.4. The Balaban J connectivity index is 0.000000147. The Hall–Kier alpha value is -16.5. The van der Waals surface area contributed by atoms with Crippen LogP contribution in [0.1, 0.15) is 126 Å². The number of aryl methyl sites for hydroxylation is 5. The number of halogens is 8. The fraction of sp³-hybridized carbons (Fsp3) is 0.165. The third-order valence-corrected chi connectivity index (χ3v) is 20.4. The van der Waals surface area contributed by atoms with E-state index in [0.29, 0.717) is 74.6 Å². The third kappa shape index (κ3) is 18.7. The maximum absolute atomic E-state index is 14.6. The number of nitriles is 3. The average molecular weight is 1810 g/mol. The van der Waals surface area contributed by atoms with Gasteiger partial charge < -0.3 is 49.9 Å². The van der Waals surface area contributed by atoms with Gasteiger partial charge in [-0.25, -0.2) is 68.6 Å². The summed E-state index contributed by atoms with van der Waals surface area (Å²) in [4.78, 5) is 121. The van der Waals surface area contributed by atoms with Crippen molar-refractivity contribution in [1.82, 2.24) is 98.0 Å². The highest BCUT2D eigenvalue weighted by molar-refractivity contribution is 6.36. The highest BCUT2D eigenvalue weighted by Crippen LogP contribution is 2.37. The van der Waals surface area contributed by atoms with Gasteiger partial charge in [-0.05, 0) is 153 Å². The second kappa shape index (κ2) is 37.5. The van der Waals surface area contributed by atoms with Gasteiger partial charge in [-0.2, -0.15) is 29.0 Å². The summed E-state index contributed by atoms with van der Waals surface area (Å²) in [6.07, 6.45) is 7.23. The number of nitrogens with zero attached hydrogens (tertiary/aromatic N) is 23. The summed E-state index contributed by atoms with van der Waals surface area (Å²) >= 11 is 18.8. The predicted octanol–water partition coefficient (Wildman–Crippen LogP) is 13.3. The number of alkyl halides is 3. The molecule has 16 aromatic rings. The largest absolute Gasteiger partial charge is 0.417 e. The van der Waals surface area contributed by atoms with Crippen molar-refractivity contribution in [3.8, 4) is 41.0 Å². The molecule has 14 N–H and O–H groups in total. The topological polar surface area (TPSA) is 544 Å². The molecule has 0 amide bonds. The average Bonchev–Trinajstić information content (AvgIpc) is 0.738. The maximum Gasteiger partial charge on any atom is 0.417 e. The van der Waals surface area contributed by atoms with Gasteiger partial charge in [0.05, 0.1) is 126 Å². The van der Waals surface area contributed by atoms with E-state index in [1.54, 1.807) is 135 Å². The molecule has 4 aromatic carbocycles. The molecular weight excluding hydrogens is 1730 g/mol. The van der Waals surface area contributed by atoms with Crippen LogP contribution in [0.25, 0.3) is 66.4 Å². The highest BCUT2D eigenvalue weighted by atomic mass is 35.5. The minimum Gasteiger partial charge on any atom is -0.397 e. The molecule has 0 radical (unpaired) electrons. The monoisotopic (exact) mass is 1800 g/mol. The van der Waals surface area contributed by atoms with E-state index in [-0.39, 0.29) is 128 Å². The first kappa shape index (κ1) is 90.3. The van der Waals surface area contributed by atoms with Gasteiger partial charge >= 0.3 is 6.18 Å². The lowest BCUT2D eigenvalue weighted by atomic mass is 10.1. The van der Waals surface area contributed by atoms with E-state index in [1.165, 1.54) is 81.2 Å². The fourth-order valence-corrected chi connectivity index (χ4v) is 14.3. The number of fused-ring (bicyclic) bond motifs is 4. The van der Waals surface area contributed by atoms with Crippen LogP contribution >= 0.6 is 34.8 Å². The number of anilines is 9. The van der Waals surface area contributed by atoms with Crippen LogP contribution in [0.15, 0.2) is 172 Å². The van der Waals surface area contributed by atoms with E-state index >= 15 is 0 Å². The quantitative estimate of drug-likeness (QED) is 0.0406. The number of hydrogen-bond donors (Lipinski definition) is 9. The Labute approximate surface area is 741 Å². The van der Waals surface area contributed by atoms with E-state index in [1.807, 2.05) is 18.2 Å². The molecular formula is C85H70Cl3F5N32O4. The first-order valence-corrected chi connectivity index (χ1v) is 39.5. The number of pyridine rings is 4. The van der Waals surface area contributed by atoms with Gasteiger partial charge in [0, 0.05) is 24.8 Å². The van der Waals surface area contributed by atoms with Gasteiger partial charge in [0.2, 0.25) is 0 Å². The number of nitrogens with two attached hydrogens (primary N) is 5. The fourth-order valence-electron chi connectivity index (χ4n) is 13.7. The zero-order chi connectivity index (χ0) is 92.9. The van der Waals surface area contributed by atoms with Crippen LogP contribution < -0.4 is 72.2 Å². The minimum absolute atomic E-state index is 0.00551. The second-order valence-corrected chi connectivity index (χ2v) is 29.7. The Morgan fingerprint density at radius 2 is 0.798 bits per heavy atom. The minimum atomic E-state index is -4.76.